The molecule has 7 atom stereocenters. The van der Waals surface area contributed by atoms with Crippen LogP contribution in [-0.4, -0.2) is 42.9 Å². The molecule has 0 saturated heterocycles. The molecule has 0 spiro atoms. The van der Waals surface area contributed by atoms with Gasteiger partial charge in [0.2, 0.25) is 11.6 Å². The number of rotatable bonds is 3. The van der Waals surface area contributed by atoms with Crippen molar-refractivity contribution in [1.29, 1.82) is 0 Å². The summed E-state index contributed by atoms with van der Waals surface area (Å²) < 4.78 is 6.32. The SMILES string of the molecule is COC(=O)C12CCC(C)(C)CC1C1C(=O)C=C3C4(C)C(=C(SC)SC)C(=O)C(=O)C(C)(C)C4CCC3(C)C1(C)CC2. The summed E-state index contributed by atoms with van der Waals surface area (Å²) in [5.74, 6) is -1.21. The summed E-state index contributed by atoms with van der Waals surface area (Å²) in [4.78, 5) is 55.8. The van der Waals surface area contributed by atoms with Gasteiger partial charge in [-0.25, -0.2) is 0 Å². The average Bonchev–Trinajstić information content (AvgIpc) is 2.90. The fourth-order valence-corrected chi connectivity index (χ4v) is 12.4. The Morgan fingerprint density at radius 2 is 1.51 bits per heavy atom. The molecule has 41 heavy (non-hydrogen) atoms. The van der Waals surface area contributed by atoms with Gasteiger partial charge in [-0.15, -0.1) is 23.5 Å². The Kier molecular flexibility index (Phi) is 7.26. The van der Waals surface area contributed by atoms with E-state index in [0.717, 1.165) is 54.8 Å². The highest BCUT2D eigenvalue weighted by Crippen LogP contribution is 2.75. The van der Waals surface area contributed by atoms with Crippen LogP contribution in [0.1, 0.15) is 93.4 Å². The van der Waals surface area contributed by atoms with Crippen molar-refractivity contribution in [3.63, 3.8) is 0 Å². The van der Waals surface area contributed by atoms with Crippen molar-refractivity contribution >= 4 is 46.8 Å². The molecule has 7 unspecified atom stereocenters. The molecule has 0 heterocycles. The maximum Gasteiger partial charge on any atom is 0.312 e. The van der Waals surface area contributed by atoms with Crippen LogP contribution in [0.15, 0.2) is 21.5 Å². The standard InChI is InChI=1S/C34H48O5S2/c1-29(2)13-15-34(28(38)39-8)16-14-32(6)23(19(34)18-29)20(35)17-22-31(32,5)12-11-21-30(3,4)26(37)25(36)24(33(21,22)7)27(40-9)41-10/h17,19,21,23H,11-16,18H2,1-10H3. The van der Waals surface area contributed by atoms with Crippen molar-refractivity contribution in [3.8, 4) is 0 Å². The zero-order valence-corrected chi connectivity index (χ0v) is 28.2. The van der Waals surface area contributed by atoms with E-state index >= 15 is 0 Å². The first-order valence-electron chi connectivity index (χ1n) is 15.2. The van der Waals surface area contributed by atoms with Gasteiger partial charge < -0.3 is 4.74 Å². The first-order chi connectivity index (χ1) is 18.9. The van der Waals surface area contributed by atoms with Gasteiger partial charge in [0, 0.05) is 26.6 Å². The predicted molar refractivity (Wildman–Crippen MR) is 166 cm³/mol. The lowest BCUT2D eigenvalue weighted by Gasteiger charge is -2.69. The molecular formula is C34H48O5S2. The summed E-state index contributed by atoms with van der Waals surface area (Å²) in [6.45, 7) is 15.2. The van der Waals surface area contributed by atoms with E-state index in [4.69, 9.17) is 4.74 Å². The molecule has 0 aromatic rings. The number of hydrogen-bond donors (Lipinski definition) is 0. The van der Waals surface area contributed by atoms with E-state index in [-0.39, 0.29) is 57.3 Å². The minimum absolute atomic E-state index is 0.0386. The quantitative estimate of drug-likeness (QED) is 0.189. The fourth-order valence-electron chi connectivity index (χ4n) is 10.7. The molecule has 5 aliphatic rings. The highest BCUT2D eigenvalue weighted by atomic mass is 32.2. The van der Waals surface area contributed by atoms with Crippen molar-refractivity contribution in [2.75, 3.05) is 19.6 Å². The molecule has 4 saturated carbocycles. The monoisotopic (exact) mass is 600 g/mol. The molecule has 0 aromatic carbocycles. The Morgan fingerprint density at radius 1 is 0.902 bits per heavy atom. The van der Waals surface area contributed by atoms with Gasteiger partial charge in [0.15, 0.2) is 5.78 Å². The number of esters is 1. The zero-order valence-electron chi connectivity index (χ0n) is 26.6. The van der Waals surface area contributed by atoms with Crippen molar-refractivity contribution in [1.82, 2.24) is 0 Å². The fraction of sp³-hybridized carbons (Fsp3) is 0.765. The summed E-state index contributed by atoms with van der Waals surface area (Å²) in [5.41, 5.74) is -1.24. The minimum atomic E-state index is -0.819. The van der Waals surface area contributed by atoms with E-state index in [2.05, 4.69) is 34.6 Å². The maximum atomic E-state index is 14.7. The van der Waals surface area contributed by atoms with Gasteiger partial charge in [-0.1, -0.05) is 48.5 Å². The van der Waals surface area contributed by atoms with E-state index in [1.165, 1.54) is 30.6 Å². The highest BCUT2D eigenvalue weighted by molar-refractivity contribution is 8.21. The van der Waals surface area contributed by atoms with Crippen LogP contribution < -0.4 is 0 Å². The smallest absolute Gasteiger partial charge is 0.312 e. The van der Waals surface area contributed by atoms with Crippen molar-refractivity contribution in [2.24, 2.45) is 50.2 Å². The Bertz CT molecular complexity index is 1290. The lowest BCUT2D eigenvalue weighted by molar-refractivity contribution is -0.191. The molecule has 7 heteroatoms. The second kappa shape index (κ2) is 9.58. The number of allylic oxidation sites excluding steroid dienone is 3. The summed E-state index contributed by atoms with van der Waals surface area (Å²) in [6.07, 6.45) is 11.5. The summed E-state index contributed by atoms with van der Waals surface area (Å²) in [7, 11) is 1.48. The minimum Gasteiger partial charge on any atom is -0.469 e. The van der Waals surface area contributed by atoms with Gasteiger partial charge >= 0.3 is 5.97 Å². The van der Waals surface area contributed by atoms with Gasteiger partial charge in [0.05, 0.1) is 12.5 Å². The van der Waals surface area contributed by atoms with Crippen LogP contribution in [-0.2, 0) is 23.9 Å². The molecule has 0 aliphatic heterocycles. The Labute approximate surface area is 254 Å². The molecule has 4 fully saturated rings. The van der Waals surface area contributed by atoms with Crippen LogP contribution >= 0.6 is 23.5 Å². The molecule has 0 bridgehead atoms. The molecule has 5 nitrogen and oxygen atoms in total. The molecule has 5 rings (SSSR count). The van der Waals surface area contributed by atoms with E-state index < -0.39 is 16.2 Å². The van der Waals surface area contributed by atoms with Crippen LogP contribution in [0.2, 0.25) is 0 Å². The number of thioether (sulfide) groups is 2. The number of fused-ring (bicyclic) bond motifs is 7. The van der Waals surface area contributed by atoms with Crippen LogP contribution in [0.25, 0.3) is 0 Å². The number of carbonyl (C=O) groups is 4. The van der Waals surface area contributed by atoms with Gasteiger partial charge in [0.25, 0.3) is 0 Å². The Morgan fingerprint density at radius 3 is 2.10 bits per heavy atom. The molecule has 0 amide bonds. The molecule has 0 aromatic heterocycles. The van der Waals surface area contributed by atoms with Crippen LogP contribution in [0, 0.1) is 50.2 Å². The third-order valence-electron chi connectivity index (χ3n) is 13.1. The van der Waals surface area contributed by atoms with E-state index in [9.17, 15) is 19.2 Å². The molecule has 226 valence electrons. The number of ether oxygens (including phenoxy) is 1. The van der Waals surface area contributed by atoms with E-state index in [1.54, 1.807) is 0 Å². The largest absolute Gasteiger partial charge is 0.469 e. The first kappa shape index (κ1) is 31.1. The predicted octanol–water partition coefficient (Wildman–Crippen LogP) is 7.44. The maximum absolute atomic E-state index is 14.7. The number of carbonyl (C=O) groups excluding carboxylic acids is 4. The van der Waals surface area contributed by atoms with Crippen LogP contribution in [0.3, 0.4) is 0 Å². The molecule has 5 aliphatic carbocycles. The third kappa shape index (κ3) is 3.82. The Hall–Kier alpha value is -1.34. The van der Waals surface area contributed by atoms with E-state index in [1.807, 2.05) is 32.4 Å². The van der Waals surface area contributed by atoms with Gasteiger partial charge in [-0.05, 0) is 97.2 Å². The normalized spacial score (nSPS) is 42.8. The zero-order chi connectivity index (χ0) is 30.6. The second-order valence-electron chi connectivity index (χ2n) is 15.6. The average molecular weight is 601 g/mol. The topological polar surface area (TPSA) is 77.5 Å². The lowest BCUT2D eigenvalue weighted by Crippen LogP contribution is -2.67. The Balaban J connectivity index is 1.76. The van der Waals surface area contributed by atoms with Crippen molar-refractivity contribution in [3.05, 3.63) is 21.5 Å². The molecular weight excluding hydrogens is 553 g/mol. The van der Waals surface area contributed by atoms with Crippen molar-refractivity contribution < 1.29 is 23.9 Å². The van der Waals surface area contributed by atoms with Crippen LogP contribution in [0.4, 0.5) is 0 Å². The first-order valence-corrected chi connectivity index (χ1v) is 17.6. The molecule has 0 N–H and O–H groups in total. The highest BCUT2D eigenvalue weighted by Gasteiger charge is 2.72. The summed E-state index contributed by atoms with van der Waals surface area (Å²) in [6, 6.07) is 0. The lowest BCUT2D eigenvalue weighted by atomic mass is 9.33. The number of methoxy groups -OCH3 is 1. The van der Waals surface area contributed by atoms with Gasteiger partial charge in [-0.3, -0.25) is 19.2 Å². The van der Waals surface area contributed by atoms with Gasteiger partial charge in [-0.2, -0.15) is 0 Å². The summed E-state index contributed by atoms with van der Waals surface area (Å²) in [5, 5.41) is 0. The van der Waals surface area contributed by atoms with Crippen molar-refractivity contribution in [2.45, 2.75) is 93.4 Å². The number of Topliss-reactive ketones (excluding diaryl/α,β-unsaturated/α-hetero) is 2. The van der Waals surface area contributed by atoms with Gasteiger partial charge in [0.1, 0.15) is 0 Å². The summed E-state index contributed by atoms with van der Waals surface area (Å²) >= 11 is 3.05. The van der Waals surface area contributed by atoms with E-state index in [0.29, 0.717) is 5.57 Å². The third-order valence-corrected chi connectivity index (χ3v) is 15.3. The van der Waals surface area contributed by atoms with Crippen LogP contribution in [0.5, 0.6) is 0 Å². The number of ketones is 3. The number of hydrogen-bond acceptors (Lipinski definition) is 7. The molecule has 0 radical (unpaired) electrons. The second-order valence-corrected chi connectivity index (χ2v) is 17.4.